The standard InChI is InChI=1S/C39H46O6P2/c1-39(2,31-23-27-37(28-24-31)44-46(40-33-15-7-3-8-16-33)41-34-17-9-4-10-18-34)32-25-29-38(30-26-32)45-47(42-35-19-11-5-12-20-35)43-36-21-13-6-14-22-36/h3-22,31-32,37-38H,23-30H2,1-2H3. The van der Waals surface area contributed by atoms with Gasteiger partial charge in [0.2, 0.25) is 0 Å². The van der Waals surface area contributed by atoms with Gasteiger partial charge in [-0.1, -0.05) is 86.6 Å². The van der Waals surface area contributed by atoms with Crippen LogP contribution in [-0.4, -0.2) is 12.2 Å². The molecule has 0 saturated heterocycles. The summed E-state index contributed by atoms with van der Waals surface area (Å²) in [5.41, 5.74) is 0.244. The SMILES string of the molecule is CC(C)(C1CCC(OP(Oc2ccccc2)Oc2ccccc2)CC1)C1CCC(OP(Oc2ccccc2)Oc2ccccc2)CC1. The van der Waals surface area contributed by atoms with Crippen LogP contribution in [-0.2, 0) is 9.05 Å². The first-order chi connectivity index (χ1) is 23.0. The third-order valence-electron chi connectivity index (χ3n) is 9.62. The van der Waals surface area contributed by atoms with Crippen molar-refractivity contribution in [3.05, 3.63) is 121 Å². The van der Waals surface area contributed by atoms with Crippen LogP contribution in [0.2, 0.25) is 0 Å². The lowest BCUT2D eigenvalue weighted by atomic mass is 9.60. The van der Waals surface area contributed by atoms with Gasteiger partial charge in [-0.05, 0) is 117 Å². The van der Waals surface area contributed by atoms with Gasteiger partial charge in [0.25, 0.3) is 0 Å². The van der Waals surface area contributed by atoms with Gasteiger partial charge in [-0.25, -0.2) is 0 Å². The molecule has 0 aromatic heterocycles. The van der Waals surface area contributed by atoms with E-state index in [1.165, 1.54) is 0 Å². The molecule has 0 aliphatic heterocycles. The summed E-state index contributed by atoms with van der Waals surface area (Å²) in [6.45, 7) is 4.97. The van der Waals surface area contributed by atoms with Gasteiger partial charge in [0.15, 0.2) is 0 Å². The van der Waals surface area contributed by atoms with Crippen LogP contribution in [0.15, 0.2) is 121 Å². The summed E-state index contributed by atoms with van der Waals surface area (Å²) in [6, 6.07) is 39.2. The van der Waals surface area contributed by atoms with Crippen LogP contribution in [0.4, 0.5) is 0 Å². The highest BCUT2D eigenvalue weighted by molar-refractivity contribution is 7.42. The first kappa shape index (κ1) is 33.7. The molecule has 0 unspecified atom stereocenters. The molecule has 47 heavy (non-hydrogen) atoms. The van der Waals surface area contributed by atoms with Gasteiger partial charge in [0.1, 0.15) is 23.0 Å². The van der Waals surface area contributed by atoms with E-state index in [1.807, 2.05) is 121 Å². The minimum absolute atomic E-state index is 0.123. The number of benzene rings is 4. The Morgan fingerprint density at radius 3 is 0.915 bits per heavy atom. The number of rotatable bonds is 14. The molecule has 2 saturated carbocycles. The maximum absolute atomic E-state index is 6.52. The van der Waals surface area contributed by atoms with Gasteiger partial charge in [-0.15, -0.1) is 0 Å². The zero-order chi connectivity index (χ0) is 32.3. The van der Waals surface area contributed by atoms with Gasteiger partial charge in [-0.3, -0.25) is 9.05 Å². The quantitative estimate of drug-likeness (QED) is 0.124. The Morgan fingerprint density at radius 1 is 0.404 bits per heavy atom. The molecular formula is C39H46O6P2. The normalized spacial score (nSPS) is 21.7. The highest BCUT2D eigenvalue weighted by atomic mass is 31.2. The molecular weight excluding hydrogens is 626 g/mol. The molecule has 8 heteroatoms. The first-order valence-corrected chi connectivity index (χ1v) is 19.1. The number of hydrogen-bond acceptors (Lipinski definition) is 6. The summed E-state index contributed by atoms with van der Waals surface area (Å²) in [4.78, 5) is 0. The van der Waals surface area contributed by atoms with E-state index in [4.69, 9.17) is 27.1 Å². The monoisotopic (exact) mass is 672 g/mol. The molecule has 0 bridgehead atoms. The molecule has 2 aliphatic rings. The lowest BCUT2D eigenvalue weighted by Crippen LogP contribution is -2.39. The lowest BCUT2D eigenvalue weighted by molar-refractivity contribution is 0.00893. The summed E-state index contributed by atoms with van der Waals surface area (Å²) in [6.07, 6.45) is 8.89. The van der Waals surface area contributed by atoms with Crippen LogP contribution < -0.4 is 18.1 Å². The molecule has 6 rings (SSSR count). The van der Waals surface area contributed by atoms with E-state index in [0.29, 0.717) is 11.8 Å². The van der Waals surface area contributed by atoms with Crippen LogP contribution in [0.3, 0.4) is 0 Å². The second-order valence-corrected chi connectivity index (χ2v) is 15.1. The van der Waals surface area contributed by atoms with E-state index in [2.05, 4.69) is 13.8 Å². The second-order valence-electron chi connectivity index (χ2n) is 13.0. The first-order valence-electron chi connectivity index (χ1n) is 16.9. The van der Waals surface area contributed by atoms with Crippen LogP contribution in [0.5, 0.6) is 23.0 Å². The van der Waals surface area contributed by atoms with E-state index < -0.39 is 17.2 Å². The van der Waals surface area contributed by atoms with Crippen molar-refractivity contribution in [3.8, 4) is 23.0 Å². The lowest BCUT2D eigenvalue weighted by Gasteiger charge is -2.46. The number of para-hydroxylation sites is 4. The molecule has 0 amide bonds. The maximum atomic E-state index is 6.52. The van der Waals surface area contributed by atoms with Crippen molar-refractivity contribution in [2.75, 3.05) is 0 Å². The zero-order valence-corrected chi connectivity index (χ0v) is 29.1. The highest BCUT2D eigenvalue weighted by Gasteiger charge is 2.42. The smallest absolute Gasteiger partial charge is 0.418 e. The molecule has 6 nitrogen and oxygen atoms in total. The van der Waals surface area contributed by atoms with Gasteiger partial charge < -0.3 is 18.1 Å². The summed E-state index contributed by atoms with van der Waals surface area (Å²) >= 11 is 0. The number of hydrogen-bond donors (Lipinski definition) is 0. The van der Waals surface area contributed by atoms with Gasteiger partial charge in [-0.2, -0.15) is 0 Å². The fourth-order valence-corrected chi connectivity index (χ4v) is 9.12. The maximum Gasteiger partial charge on any atom is 0.463 e. The largest absolute Gasteiger partial charge is 0.463 e. The van der Waals surface area contributed by atoms with Crippen molar-refractivity contribution in [1.29, 1.82) is 0 Å². The average Bonchev–Trinajstić information content (AvgIpc) is 3.10. The topological polar surface area (TPSA) is 55.4 Å². The summed E-state index contributed by atoms with van der Waals surface area (Å²) < 4.78 is 37.9. The van der Waals surface area contributed by atoms with Crippen molar-refractivity contribution in [2.24, 2.45) is 17.3 Å². The molecule has 0 heterocycles. The molecule has 4 aromatic rings. The molecule has 0 spiro atoms. The van der Waals surface area contributed by atoms with E-state index in [1.54, 1.807) is 0 Å². The van der Waals surface area contributed by atoms with E-state index in [0.717, 1.165) is 74.4 Å². The van der Waals surface area contributed by atoms with Crippen LogP contribution in [0.25, 0.3) is 0 Å². The predicted molar refractivity (Wildman–Crippen MR) is 190 cm³/mol. The Labute approximate surface area is 282 Å². The third-order valence-corrected chi connectivity index (χ3v) is 12.0. The Hall–Kier alpha value is -3.14. The van der Waals surface area contributed by atoms with Crippen LogP contribution in [0.1, 0.15) is 65.2 Å². The predicted octanol–water partition coefficient (Wildman–Crippen LogP) is 11.9. The molecule has 2 aliphatic carbocycles. The summed E-state index contributed by atoms with van der Waals surface area (Å²) in [5, 5.41) is 0. The molecule has 0 radical (unpaired) electrons. The van der Waals surface area contributed by atoms with Crippen LogP contribution in [0, 0.1) is 17.3 Å². The fraction of sp³-hybridized carbons (Fsp3) is 0.385. The van der Waals surface area contributed by atoms with Crippen molar-refractivity contribution >= 4 is 17.2 Å². The van der Waals surface area contributed by atoms with Crippen molar-refractivity contribution in [2.45, 2.75) is 77.4 Å². The Balaban J connectivity index is 0.999. The summed E-state index contributed by atoms with van der Waals surface area (Å²) in [5.74, 6) is 4.34. The Bertz CT molecular complexity index is 1250. The van der Waals surface area contributed by atoms with Crippen molar-refractivity contribution in [1.82, 2.24) is 0 Å². The highest BCUT2D eigenvalue weighted by Crippen LogP contribution is 2.52. The summed E-state index contributed by atoms with van der Waals surface area (Å²) in [7, 11) is -3.14. The molecule has 2 fully saturated rings. The van der Waals surface area contributed by atoms with Gasteiger partial charge in [0.05, 0.1) is 12.2 Å². The fourth-order valence-electron chi connectivity index (χ4n) is 6.79. The minimum atomic E-state index is -1.57. The third kappa shape index (κ3) is 9.94. The molecule has 4 aromatic carbocycles. The minimum Gasteiger partial charge on any atom is -0.418 e. The van der Waals surface area contributed by atoms with Crippen molar-refractivity contribution < 1.29 is 27.1 Å². The van der Waals surface area contributed by atoms with Crippen LogP contribution >= 0.6 is 17.2 Å². The van der Waals surface area contributed by atoms with E-state index >= 15 is 0 Å². The molecule has 0 atom stereocenters. The van der Waals surface area contributed by atoms with E-state index in [9.17, 15) is 0 Å². The van der Waals surface area contributed by atoms with Gasteiger partial charge in [0, 0.05) is 0 Å². The second kappa shape index (κ2) is 16.8. The van der Waals surface area contributed by atoms with E-state index in [-0.39, 0.29) is 17.6 Å². The van der Waals surface area contributed by atoms with Gasteiger partial charge >= 0.3 is 17.2 Å². The zero-order valence-electron chi connectivity index (χ0n) is 27.4. The molecule has 248 valence electrons. The Morgan fingerprint density at radius 2 is 0.660 bits per heavy atom. The Kier molecular flexibility index (Phi) is 12.1. The van der Waals surface area contributed by atoms with Crippen molar-refractivity contribution in [3.63, 3.8) is 0 Å². The molecule has 0 N–H and O–H groups in total. The average molecular weight is 673 g/mol.